The molecule has 2 heterocycles. The van der Waals surface area contributed by atoms with Crippen LogP contribution in [0.4, 0.5) is 0 Å². The number of likely N-dealkylation sites (N-methyl/N-ethyl adjacent to an activating group) is 1. The summed E-state index contributed by atoms with van der Waals surface area (Å²) in [6, 6.07) is 2.08. The Bertz CT molecular complexity index is 366. The molecular weight excluding hydrogens is 224 g/mol. The zero-order chi connectivity index (χ0) is 13.0. The highest BCUT2D eigenvalue weighted by atomic mass is 16.3. The van der Waals surface area contributed by atoms with Gasteiger partial charge < -0.3 is 14.6 Å². The first kappa shape index (κ1) is 13.6. The van der Waals surface area contributed by atoms with Gasteiger partial charge in [0.2, 0.25) is 0 Å². The number of hydrogen-bond donors (Lipinski definition) is 1. The maximum atomic E-state index is 5.37. The Hall–Kier alpha value is -0.800. The van der Waals surface area contributed by atoms with Crippen molar-refractivity contribution in [1.29, 1.82) is 0 Å². The Kier molecular flexibility index (Phi) is 4.46. The van der Waals surface area contributed by atoms with Gasteiger partial charge in [-0.1, -0.05) is 13.3 Å². The van der Waals surface area contributed by atoms with E-state index in [2.05, 4.69) is 30.3 Å². The second-order valence-corrected chi connectivity index (χ2v) is 5.73. The molecule has 1 N–H and O–H groups in total. The first-order valence-electron chi connectivity index (χ1n) is 7.12. The van der Waals surface area contributed by atoms with Gasteiger partial charge in [-0.2, -0.15) is 0 Å². The maximum absolute atomic E-state index is 5.37. The number of hydrogen-bond acceptors (Lipinski definition) is 3. The first-order chi connectivity index (χ1) is 8.65. The summed E-state index contributed by atoms with van der Waals surface area (Å²) in [5.41, 5.74) is 1.66. The van der Waals surface area contributed by atoms with Crippen molar-refractivity contribution < 1.29 is 4.42 Å². The third-order valence-corrected chi connectivity index (χ3v) is 4.04. The molecule has 2 rings (SSSR count). The quantitative estimate of drug-likeness (QED) is 0.841. The van der Waals surface area contributed by atoms with Crippen LogP contribution in [0.1, 0.15) is 43.9 Å². The van der Waals surface area contributed by atoms with Crippen molar-refractivity contribution in [2.45, 2.75) is 51.6 Å². The van der Waals surface area contributed by atoms with Gasteiger partial charge in [0.15, 0.2) is 0 Å². The first-order valence-corrected chi connectivity index (χ1v) is 7.12. The maximum Gasteiger partial charge on any atom is 0.105 e. The van der Waals surface area contributed by atoms with Crippen molar-refractivity contribution in [2.75, 3.05) is 20.1 Å². The smallest absolute Gasteiger partial charge is 0.105 e. The summed E-state index contributed by atoms with van der Waals surface area (Å²) in [5.74, 6) is 1.05. The fraction of sp³-hybridized carbons (Fsp3) is 0.733. The van der Waals surface area contributed by atoms with E-state index >= 15 is 0 Å². The molecule has 1 saturated heterocycles. The van der Waals surface area contributed by atoms with Crippen molar-refractivity contribution in [2.24, 2.45) is 0 Å². The normalized spacial score (nSPS) is 24.0. The zero-order valence-electron chi connectivity index (χ0n) is 12.0. The number of rotatable bonds is 6. The SMILES string of the molecule is CCCC1(CN(C)Cc2ccoc2C)CCCN1. The van der Waals surface area contributed by atoms with Crippen LogP contribution in [0.3, 0.4) is 0 Å². The number of aryl methyl sites for hydroxylation is 1. The second-order valence-electron chi connectivity index (χ2n) is 5.73. The average molecular weight is 250 g/mol. The third kappa shape index (κ3) is 3.15. The molecule has 1 aliphatic rings. The van der Waals surface area contributed by atoms with E-state index in [0.717, 1.165) is 18.8 Å². The molecule has 0 radical (unpaired) electrons. The molecule has 0 saturated carbocycles. The van der Waals surface area contributed by atoms with Crippen LogP contribution in [0.25, 0.3) is 0 Å². The second kappa shape index (κ2) is 5.89. The van der Waals surface area contributed by atoms with Gasteiger partial charge in [-0.25, -0.2) is 0 Å². The van der Waals surface area contributed by atoms with Crippen LogP contribution in [0.5, 0.6) is 0 Å². The lowest BCUT2D eigenvalue weighted by Crippen LogP contribution is -2.48. The van der Waals surface area contributed by atoms with E-state index in [-0.39, 0.29) is 0 Å². The molecule has 1 unspecified atom stereocenters. The number of nitrogens with one attached hydrogen (secondary N) is 1. The van der Waals surface area contributed by atoms with Crippen molar-refractivity contribution >= 4 is 0 Å². The molecule has 18 heavy (non-hydrogen) atoms. The largest absolute Gasteiger partial charge is 0.469 e. The van der Waals surface area contributed by atoms with E-state index in [1.165, 1.54) is 37.8 Å². The number of nitrogens with zero attached hydrogens (tertiary/aromatic N) is 1. The highest BCUT2D eigenvalue weighted by molar-refractivity contribution is 5.15. The molecule has 0 aliphatic carbocycles. The lowest BCUT2D eigenvalue weighted by atomic mass is 9.91. The lowest BCUT2D eigenvalue weighted by Gasteiger charge is -2.34. The van der Waals surface area contributed by atoms with Crippen LogP contribution in [-0.2, 0) is 6.54 Å². The van der Waals surface area contributed by atoms with Crippen molar-refractivity contribution in [1.82, 2.24) is 10.2 Å². The van der Waals surface area contributed by atoms with E-state index < -0.39 is 0 Å². The van der Waals surface area contributed by atoms with Crippen LogP contribution in [0.15, 0.2) is 16.7 Å². The standard InChI is InChI=1S/C15H26N2O/c1-4-7-15(8-5-9-16-15)12-17(3)11-14-6-10-18-13(14)2/h6,10,16H,4-5,7-9,11-12H2,1-3H3. The van der Waals surface area contributed by atoms with Gasteiger partial charge in [-0.05, 0) is 45.8 Å². The Morgan fingerprint density at radius 1 is 1.50 bits per heavy atom. The van der Waals surface area contributed by atoms with Crippen LogP contribution in [0.2, 0.25) is 0 Å². The summed E-state index contributed by atoms with van der Waals surface area (Å²) in [6.45, 7) is 7.61. The zero-order valence-corrected chi connectivity index (χ0v) is 12.0. The van der Waals surface area contributed by atoms with Crippen LogP contribution >= 0.6 is 0 Å². The van der Waals surface area contributed by atoms with E-state index in [0.29, 0.717) is 5.54 Å². The molecular formula is C15H26N2O. The molecule has 0 bridgehead atoms. The predicted octanol–water partition coefficient (Wildman–Crippen LogP) is 2.94. The van der Waals surface area contributed by atoms with Crippen LogP contribution in [-0.4, -0.2) is 30.6 Å². The molecule has 1 atom stereocenters. The molecule has 3 heteroatoms. The molecule has 1 aliphatic heterocycles. The van der Waals surface area contributed by atoms with Crippen molar-refractivity contribution in [3.63, 3.8) is 0 Å². The summed E-state index contributed by atoms with van der Waals surface area (Å²) >= 11 is 0. The Balaban J connectivity index is 1.93. The van der Waals surface area contributed by atoms with Gasteiger partial charge >= 0.3 is 0 Å². The molecule has 1 aromatic heterocycles. The topological polar surface area (TPSA) is 28.4 Å². The Labute approximate surface area is 111 Å². The van der Waals surface area contributed by atoms with Crippen molar-refractivity contribution in [3.8, 4) is 0 Å². The fourth-order valence-corrected chi connectivity index (χ4v) is 3.21. The number of furan rings is 1. The minimum atomic E-state index is 0.348. The molecule has 0 aromatic carbocycles. The van der Waals surface area contributed by atoms with E-state index in [4.69, 9.17) is 4.42 Å². The molecule has 3 nitrogen and oxygen atoms in total. The monoisotopic (exact) mass is 250 g/mol. The third-order valence-electron chi connectivity index (χ3n) is 4.04. The Morgan fingerprint density at radius 3 is 2.89 bits per heavy atom. The average Bonchev–Trinajstić information content (AvgIpc) is 2.90. The van der Waals surface area contributed by atoms with Gasteiger partial charge in [-0.15, -0.1) is 0 Å². The van der Waals surface area contributed by atoms with E-state index in [9.17, 15) is 0 Å². The van der Waals surface area contributed by atoms with Crippen LogP contribution < -0.4 is 5.32 Å². The minimum absolute atomic E-state index is 0.348. The van der Waals surface area contributed by atoms with Gasteiger partial charge in [0.1, 0.15) is 5.76 Å². The van der Waals surface area contributed by atoms with Crippen molar-refractivity contribution in [3.05, 3.63) is 23.7 Å². The van der Waals surface area contributed by atoms with Crippen LogP contribution in [0, 0.1) is 6.92 Å². The summed E-state index contributed by atoms with van der Waals surface area (Å²) in [7, 11) is 2.21. The highest BCUT2D eigenvalue weighted by Crippen LogP contribution is 2.26. The van der Waals surface area contributed by atoms with E-state index in [1.54, 1.807) is 6.26 Å². The lowest BCUT2D eigenvalue weighted by molar-refractivity contribution is 0.207. The van der Waals surface area contributed by atoms with Gasteiger partial charge in [-0.3, -0.25) is 0 Å². The minimum Gasteiger partial charge on any atom is -0.469 e. The molecule has 1 fully saturated rings. The summed E-state index contributed by atoms with van der Waals surface area (Å²) in [6.07, 6.45) is 6.95. The van der Waals surface area contributed by atoms with Gasteiger partial charge in [0, 0.05) is 24.2 Å². The highest BCUT2D eigenvalue weighted by Gasteiger charge is 2.33. The van der Waals surface area contributed by atoms with E-state index in [1.807, 2.05) is 6.92 Å². The summed E-state index contributed by atoms with van der Waals surface area (Å²) in [5, 5.41) is 3.73. The molecule has 1 aromatic rings. The molecule has 0 amide bonds. The van der Waals surface area contributed by atoms with Gasteiger partial charge in [0.05, 0.1) is 6.26 Å². The summed E-state index contributed by atoms with van der Waals surface area (Å²) < 4.78 is 5.37. The molecule has 102 valence electrons. The predicted molar refractivity (Wildman–Crippen MR) is 74.7 cm³/mol. The Morgan fingerprint density at radius 2 is 2.33 bits per heavy atom. The molecule has 0 spiro atoms. The fourth-order valence-electron chi connectivity index (χ4n) is 3.21. The summed E-state index contributed by atoms with van der Waals surface area (Å²) in [4.78, 5) is 2.42. The van der Waals surface area contributed by atoms with Gasteiger partial charge in [0.25, 0.3) is 0 Å².